The lowest BCUT2D eigenvalue weighted by molar-refractivity contribution is -0.119. The van der Waals surface area contributed by atoms with Crippen LogP contribution in [0.25, 0.3) is 11.3 Å². The van der Waals surface area contributed by atoms with Crippen molar-refractivity contribution in [2.24, 2.45) is 0 Å². The third-order valence-corrected chi connectivity index (χ3v) is 5.58. The molecule has 1 heterocycles. The second-order valence-electron chi connectivity index (χ2n) is 5.35. The van der Waals surface area contributed by atoms with Crippen molar-refractivity contribution in [3.8, 4) is 11.3 Å². The molecule has 0 radical (unpaired) electrons. The molecule has 0 bridgehead atoms. The highest BCUT2D eigenvalue weighted by Crippen LogP contribution is 2.28. The number of carbonyl (C=O) groups excluding carboxylic acids is 1. The minimum atomic E-state index is 0.00970. The van der Waals surface area contributed by atoms with Crippen LogP contribution in [0.15, 0.2) is 70.4 Å². The first kappa shape index (κ1) is 16.7. The second-order valence-corrected chi connectivity index (χ2v) is 7.43. The summed E-state index contributed by atoms with van der Waals surface area (Å²) in [4.78, 5) is 16.7. The maximum atomic E-state index is 12.1. The van der Waals surface area contributed by atoms with Gasteiger partial charge in [-0.05, 0) is 12.5 Å². The molecule has 24 heavy (non-hydrogen) atoms. The number of carbonyl (C=O) groups is 1. The van der Waals surface area contributed by atoms with Gasteiger partial charge in [-0.2, -0.15) is 0 Å². The number of nitrogens with one attached hydrogen (secondary N) is 1. The molecule has 1 unspecified atom stereocenters. The van der Waals surface area contributed by atoms with Crippen molar-refractivity contribution in [2.75, 3.05) is 5.75 Å². The summed E-state index contributed by atoms with van der Waals surface area (Å²) >= 11 is 3.05. The normalized spacial score (nSPS) is 11.9. The molecule has 1 N–H and O–H groups in total. The Labute approximate surface area is 150 Å². The second kappa shape index (κ2) is 8.13. The van der Waals surface area contributed by atoms with Crippen molar-refractivity contribution < 1.29 is 4.79 Å². The van der Waals surface area contributed by atoms with Gasteiger partial charge in [0.05, 0.1) is 17.5 Å². The third kappa shape index (κ3) is 4.46. The van der Waals surface area contributed by atoms with Crippen LogP contribution in [0.4, 0.5) is 0 Å². The number of amides is 1. The molecular formula is C19H18N2OS2. The fourth-order valence-electron chi connectivity index (χ4n) is 2.30. The van der Waals surface area contributed by atoms with E-state index < -0.39 is 0 Å². The van der Waals surface area contributed by atoms with Crippen LogP contribution in [0.2, 0.25) is 0 Å². The Morgan fingerprint density at radius 1 is 1.12 bits per heavy atom. The SMILES string of the molecule is CC(NC(=O)CSc1nc(-c2ccccc2)cs1)c1ccccc1. The van der Waals surface area contributed by atoms with Gasteiger partial charge >= 0.3 is 0 Å². The van der Waals surface area contributed by atoms with Crippen molar-refractivity contribution in [1.82, 2.24) is 10.3 Å². The Hall–Kier alpha value is -2.11. The van der Waals surface area contributed by atoms with Gasteiger partial charge in [0.1, 0.15) is 0 Å². The van der Waals surface area contributed by atoms with E-state index in [4.69, 9.17) is 0 Å². The zero-order valence-corrected chi connectivity index (χ0v) is 14.9. The molecule has 0 aliphatic carbocycles. The highest BCUT2D eigenvalue weighted by atomic mass is 32.2. The first-order valence-corrected chi connectivity index (χ1v) is 9.57. The molecule has 1 amide bonds. The molecule has 0 spiro atoms. The number of hydrogen-bond acceptors (Lipinski definition) is 4. The van der Waals surface area contributed by atoms with E-state index >= 15 is 0 Å². The lowest BCUT2D eigenvalue weighted by Crippen LogP contribution is -2.28. The summed E-state index contributed by atoms with van der Waals surface area (Å²) in [5.41, 5.74) is 3.17. The number of nitrogens with zero attached hydrogens (tertiary/aromatic N) is 1. The van der Waals surface area contributed by atoms with Gasteiger partial charge in [0.2, 0.25) is 5.91 Å². The number of aromatic nitrogens is 1. The average Bonchev–Trinajstić information content (AvgIpc) is 3.10. The monoisotopic (exact) mass is 354 g/mol. The number of thiazole rings is 1. The summed E-state index contributed by atoms with van der Waals surface area (Å²) < 4.78 is 0.913. The topological polar surface area (TPSA) is 42.0 Å². The van der Waals surface area contributed by atoms with Crippen LogP contribution in [0.5, 0.6) is 0 Å². The number of benzene rings is 2. The number of thioether (sulfide) groups is 1. The zero-order chi connectivity index (χ0) is 16.8. The largest absolute Gasteiger partial charge is 0.349 e. The van der Waals surface area contributed by atoms with Crippen LogP contribution in [-0.4, -0.2) is 16.6 Å². The Kier molecular flexibility index (Phi) is 5.67. The van der Waals surface area contributed by atoms with Gasteiger partial charge in [-0.25, -0.2) is 4.98 Å². The predicted molar refractivity (Wildman–Crippen MR) is 101 cm³/mol. The third-order valence-electron chi connectivity index (χ3n) is 3.56. The Morgan fingerprint density at radius 2 is 1.79 bits per heavy atom. The van der Waals surface area contributed by atoms with E-state index in [-0.39, 0.29) is 11.9 Å². The Balaban J connectivity index is 1.53. The minimum Gasteiger partial charge on any atom is -0.349 e. The standard InChI is InChI=1S/C19H18N2OS2/c1-14(15-8-4-2-5-9-15)20-18(22)13-24-19-21-17(12-23-19)16-10-6-3-7-11-16/h2-12,14H,13H2,1H3,(H,20,22). The smallest absolute Gasteiger partial charge is 0.230 e. The van der Waals surface area contributed by atoms with Gasteiger partial charge in [-0.1, -0.05) is 72.4 Å². The lowest BCUT2D eigenvalue weighted by Gasteiger charge is -2.13. The number of rotatable bonds is 6. The van der Waals surface area contributed by atoms with Crippen molar-refractivity contribution in [1.29, 1.82) is 0 Å². The van der Waals surface area contributed by atoms with Crippen molar-refractivity contribution in [3.63, 3.8) is 0 Å². The van der Waals surface area contributed by atoms with Gasteiger partial charge in [0, 0.05) is 10.9 Å². The molecule has 1 aromatic heterocycles. The van der Waals surface area contributed by atoms with Crippen molar-refractivity contribution in [3.05, 3.63) is 71.6 Å². The zero-order valence-electron chi connectivity index (χ0n) is 13.3. The van der Waals surface area contributed by atoms with Crippen molar-refractivity contribution >= 4 is 29.0 Å². The molecule has 0 aliphatic rings. The Bertz CT molecular complexity index is 787. The van der Waals surface area contributed by atoms with E-state index in [9.17, 15) is 4.79 Å². The summed E-state index contributed by atoms with van der Waals surface area (Å²) in [6, 6.07) is 20.0. The molecular weight excluding hydrogens is 336 g/mol. The maximum absolute atomic E-state index is 12.1. The predicted octanol–water partition coefficient (Wildman–Crippen LogP) is 4.78. The Morgan fingerprint density at radius 3 is 2.50 bits per heavy atom. The van der Waals surface area contributed by atoms with E-state index in [0.717, 1.165) is 21.2 Å². The minimum absolute atomic E-state index is 0.00970. The van der Waals surface area contributed by atoms with E-state index in [0.29, 0.717) is 5.75 Å². The molecule has 2 aromatic carbocycles. The number of hydrogen-bond donors (Lipinski definition) is 1. The van der Waals surface area contributed by atoms with Gasteiger partial charge in [0.25, 0.3) is 0 Å². The molecule has 5 heteroatoms. The molecule has 0 saturated heterocycles. The summed E-state index contributed by atoms with van der Waals surface area (Å²) in [7, 11) is 0. The molecule has 122 valence electrons. The van der Waals surface area contributed by atoms with Gasteiger partial charge in [-0.15, -0.1) is 11.3 Å². The maximum Gasteiger partial charge on any atom is 0.230 e. The van der Waals surface area contributed by atoms with Gasteiger partial charge < -0.3 is 5.32 Å². The highest BCUT2D eigenvalue weighted by molar-refractivity contribution is 8.01. The van der Waals surface area contributed by atoms with Crippen LogP contribution >= 0.6 is 23.1 Å². The van der Waals surface area contributed by atoms with E-state index in [1.165, 1.54) is 11.8 Å². The molecule has 0 saturated carbocycles. The van der Waals surface area contributed by atoms with E-state index in [2.05, 4.69) is 10.3 Å². The van der Waals surface area contributed by atoms with Crippen LogP contribution in [-0.2, 0) is 4.79 Å². The van der Waals surface area contributed by atoms with E-state index in [1.54, 1.807) is 11.3 Å². The summed E-state index contributed by atoms with van der Waals surface area (Å²) in [6.07, 6.45) is 0. The van der Waals surface area contributed by atoms with Crippen molar-refractivity contribution in [2.45, 2.75) is 17.3 Å². The fraction of sp³-hybridized carbons (Fsp3) is 0.158. The molecule has 0 fully saturated rings. The fourth-order valence-corrected chi connectivity index (χ4v) is 3.95. The van der Waals surface area contributed by atoms with Gasteiger partial charge in [-0.3, -0.25) is 4.79 Å². The van der Waals surface area contributed by atoms with Crippen LogP contribution < -0.4 is 5.32 Å². The summed E-state index contributed by atoms with van der Waals surface area (Å²) in [6.45, 7) is 1.99. The van der Waals surface area contributed by atoms with Crippen LogP contribution in [0.3, 0.4) is 0 Å². The highest BCUT2D eigenvalue weighted by Gasteiger charge is 2.11. The molecule has 0 aliphatic heterocycles. The lowest BCUT2D eigenvalue weighted by atomic mass is 10.1. The quantitative estimate of drug-likeness (QED) is 0.648. The molecule has 1 atom stereocenters. The van der Waals surface area contributed by atoms with Crippen LogP contribution in [0, 0.1) is 0 Å². The first-order chi connectivity index (χ1) is 11.7. The molecule has 3 nitrogen and oxygen atoms in total. The average molecular weight is 355 g/mol. The van der Waals surface area contributed by atoms with Crippen LogP contribution in [0.1, 0.15) is 18.5 Å². The summed E-state index contributed by atoms with van der Waals surface area (Å²) in [5.74, 6) is 0.395. The first-order valence-electron chi connectivity index (χ1n) is 7.70. The van der Waals surface area contributed by atoms with Gasteiger partial charge in [0.15, 0.2) is 4.34 Å². The molecule has 3 aromatic rings. The molecule has 3 rings (SSSR count). The van der Waals surface area contributed by atoms with E-state index in [1.807, 2.05) is 73.0 Å². The summed E-state index contributed by atoms with van der Waals surface area (Å²) in [5, 5.41) is 5.05.